The minimum atomic E-state index is 0.119. The molecule has 0 saturated heterocycles. The second-order valence-electron chi connectivity index (χ2n) is 5.96. The maximum atomic E-state index is 4.30. The van der Waals surface area contributed by atoms with Crippen LogP contribution in [0.2, 0.25) is 0 Å². The molecule has 1 N–H and O–H groups in total. The van der Waals surface area contributed by atoms with Crippen molar-refractivity contribution < 1.29 is 0 Å². The van der Waals surface area contributed by atoms with E-state index in [9.17, 15) is 0 Å². The molecule has 2 aromatic rings. The van der Waals surface area contributed by atoms with Gasteiger partial charge in [-0.15, -0.1) is 0 Å². The Morgan fingerprint density at radius 2 is 2.00 bits per heavy atom. The van der Waals surface area contributed by atoms with E-state index in [0.717, 1.165) is 19.6 Å². The molecule has 19 heavy (non-hydrogen) atoms. The fourth-order valence-corrected chi connectivity index (χ4v) is 1.85. The lowest BCUT2D eigenvalue weighted by Gasteiger charge is -2.21. The standard InChI is InChI=1S/C14H23N5/c1-12-7-17-19(10-12)6-5-18-11-15-8-13(18)9-16-14(2,3)4/h7-8,10-11,16H,5-6,9H2,1-4H3. The number of hydrogen-bond acceptors (Lipinski definition) is 3. The summed E-state index contributed by atoms with van der Waals surface area (Å²) in [5.74, 6) is 0. The van der Waals surface area contributed by atoms with Crippen molar-refractivity contribution in [3.05, 3.63) is 36.2 Å². The third-order valence-corrected chi connectivity index (χ3v) is 2.93. The van der Waals surface area contributed by atoms with Crippen LogP contribution in [0.3, 0.4) is 0 Å². The summed E-state index contributed by atoms with van der Waals surface area (Å²) in [5.41, 5.74) is 2.52. The Balaban J connectivity index is 1.92. The monoisotopic (exact) mass is 261 g/mol. The van der Waals surface area contributed by atoms with E-state index in [1.54, 1.807) is 0 Å². The molecule has 0 bridgehead atoms. The van der Waals surface area contributed by atoms with Gasteiger partial charge in [-0.3, -0.25) is 4.68 Å². The summed E-state index contributed by atoms with van der Waals surface area (Å²) >= 11 is 0. The molecule has 0 atom stereocenters. The van der Waals surface area contributed by atoms with Crippen molar-refractivity contribution in [3.8, 4) is 0 Å². The van der Waals surface area contributed by atoms with Crippen molar-refractivity contribution in [2.75, 3.05) is 0 Å². The molecule has 0 saturated carbocycles. The number of aryl methyl sites for hydroxylation is 3. The maximum Gasteiger partial charge on any atom is 0.0949 e. The molecule has 0 aromatic carbocycles. The molecule has 2 aromatic heterocycles. The molecule has 2 heterocycles. The molecule has 0 amide bonds. The van der Waals surface area contributed by atoms with Crippen LogP contribution in [0.25, 0.3) is 0 Å². The van der Waals surface area contributed by atoms with Gasteiger partial charge in [-0.2, -0.15) is 5.10 Å². The van der Waals surface area contributed by atoms with Gasteiger partial charge >= 0.3 is 0 Å². The Labute approximate surface area is 114 Å². The van der Waals surface area contributed by atoms with Gasteiger partial charge in [-0.25, -0.2) is 4.98 Å². The second-order valence-corrected chi connectivity index (χ2v) is 5.96. The first-order valence-electron chi connectivity index (χ1n) is 6.67. The highest BCUT2D eigenvalue weighted by Crippen LogP contribution is 2.05. The fraction of sp³-hybridized carbons (Fsp3) is 0.571. The number of aromatic nitrogens is 4. The van der Waals surface area contributed by atoms with Crippen LogP contribution in [0.15, 0.2) is 24.9 Å². The van der Waals surface area contributed by atoms with E-state index in [-0.39, 0.29) is 5.54 Å². The lowest BCUT2D eigenvalue weighted by atomic mass is 10.1. The van der Waals surface area contributed by atoms with E-state index in [4.69, 9.17) is 0 Å². The molecule has 5 heteroatoms. The average Bonchev–Trinajstić information content (AvgIpc) is 2.91. The van der Waals surface area contributed by atoms with E-state index in [1.807, 2.05) is 23.4 Å². The van der Waals surface area contributed by atoms with Crippen LogP contribution < -0.4 is 5.32 Å². The zero-order chi connectivity index (χ0) is 13.9. The van der Waals surface area contributed by atoms with Crippen LogP contribution in [-0.4, -0.2) is 24.9 Å². The van der Waals surface area contributed by atoms with Crippen LogP contribution in [0.1, 0.15) is 32.0 Å². The summed E-state index contributed by atoms with van der Waals surface area (Å²) in [6.07, 6.45) is 7.75. The van der Waals surface area contributed by atoms with Crippen LogP contribution in [0.5, 0.6) is 0 Å². The third-order valence-electron chi connectivity index (χ3n) is 2.93. The van der Waals surface area contributed by atoms with Gasteiger partial charge in [-0.1, -0.05) is 0 Å². The first-order chi connectivity index (χ1) is 8.94. The zero-order valence-corrected chi connectivity index (χ0v) is 12.2. The minimum Gasteiger partial charge on any atom is -0.332 e. The average molecular weight is 261 g/mol. The largest absolute Gasteiger partial charge is 0.332 e. The van der Waals surface area contributed by atoms with E-state index < -0.39 is 0 Å². The van der Waals surface area contributed by atoms with E-state index >= 15 is 0 Å². The molecule has 0 unspecified atom stereocenters. The predicted molar refractivity (Wildman–Crippen MR) is 75.8 cm³/mol. The topological polar surface area (TPSA) is 47.7 Å². The highest BCUT2D eigenvalue weighted by Gasteiger charge is 2.10. The summed E-state index contributed by atoms with van der Waals surface area (Å²) in [7, 11) is 0. The molecular formula is C14H23N5. The van der Waals surface area contributed by atoms with Crippen LogP contribution in [0.4, 0.5) is 0 Å². The Morgan fingerprint density at radius 3 is 2.63 bits per heavy atom. The summed E-state index contributed by atoms with van der Waals surface area (Å²) in [6, 6.07) is 0. The first-order valence-corrected chi connectivity index (χ1v) is 6.67. The Bertz CT molecular complexity index is 518. The fourth-order valence-electron chi connectivity index (χ4n) is 1.85. The van der Waals surface area contributed by atoms with Crippen molar-refractivity contribution in [2.24, 2.45) is 0 Å². The summed E-state index contributed by atoms with van der Waals surface area (Å²) in [4.78, 5) is 4.23. The van der Waals surface area contributed by atoms with E-state index in [1.165, 1.54) is 11.3 Å². The predicted octanol–water partition coefficient (Wildman–Crippen LogP) is 1.98. The maximum absolute atomic E-state index is 4.30. The third kappa shape index (κ3) is 4.21. The number of rotatable bonds is 5. The summed E-state index contributed by atoms with van der Waals surface area (Å²) in [6.45, 7) is 11.1. The lowest BCUT2D eigenvalue weighted by Crippen LogP contribution is -2.35. The van der Waals surface area contributed by atoms with Crippen LogP contribution in [-0.2, 0) is 19.6 Å². The first kappa shape index (κ1) is 13.8. The van der Waals surface area contributed by atoms with Crippen LogP contribution in [0, 0.1) is 6.92 Å². The van der Waals surface area contributed by atoms with Crippen molar-refractivity contribution in [1.82, 2.24) is 24.6 Å². The lowest BCUT2D eigenvalue weighted by molar-refractivity contribution is 0.412. The highest BCUT2D eigenvalue weighted by atomic mass is 15.3. The molecule has 0 aliphatic rings. The van der Waals surface area contributed by atoms with Gasteiger partial charge in [0.2, 0.25) is 0 Å². The smallest absolute Gasteiger partial charge is 0.0949 e. The molecular weight excluding hydrogens is 238 g/mol. The zero-order valence-electron chi connectivity index (χ0n) is 12.2. The minimum absolute atomic E-state index is 0.119. The SMILES string of the molecule is Cc1cnn(CCn2cncc2CNC(C)(C)C)c1. The molecule has 0 spiro atoms. The number of imidazole rings is 1. The summed E-state index contributed by atoms with van der Waals surface area (Å²) < 4.78 is 4.14. The molecule has 0 fully saturated rings. The van der Waals surface area contributed by atoms with Gasteiger partial charge in [0.05, 0.1) is 24.8 Å². The number of nitrogens with one attached hydrogen (secondary N) is 1. The normalized spacial score (nSPS) is 12.0. The molecule has 0 aliphatic carbocycles. The van der Waals surface area contributed by atoms with Gasteiger partial charge in [0, 0.05) is 31.0 Å². The van der Waals surface area contributed by atoms with E-state index in [2.05, 4.69) is 53.9 Å². The molecule has 5 nitrogen and oxygen atoms in total. The van der Waals surface area contributed by atoms with Gasteiger partial charge in [0.15, 0.2) is 0 Å². The van der Waals surface area contributed by atoms with Gasteiger partial charge in [0.25, 0.3) is 0 Å². The second kappa shape index (κ2) is 5.57. The van der Waals surface area contributed by atoms with Gasteiger partial charge in [0.1, 0.15) is 0 Å². The van der Waals surface area contributed by atoms with Crippen LogP contribution >= 0.6 is 0 Å². The molecule has 2 rings (SSSR count). The molecule has 0 radical (unpaired) electrons. The van der Waals surface area contributed by atoms with Crippen molar-refractivity contribution in [1.29, 1.82) is 0 Å². The van der Waals surface area contributed by atoms with Crippen molar-refractivity contribution >= 4 is 0 Å². The van der Waals surface area contributed by atoms with E-state index in [0.29, 0.717) is 0 Å². The molecule has 104 valence electrons. The van der Waals surface area contributed by atoms with Crippen molar-refractivity contribution in [3.63, 3.8) is 0 Å². The quantitative estimate of drug-likeness (QED) is 0.895. The Hall–Kier alpha value is -1.62. The van der Waals surface area contributed by atoms with Gasteiger partial charge in [-0.05, 0) is 33.3 Å². The Morgan fingerprint density at radius 1 is 1.21 bits per heavy atom. The van der Waals surface area contributed by atoms with Crippen molar-refractivity contribution in [2.45, 2.75) is 52.9 Å². The Kier molecular flexibility index (Phi) is 4.04. The van der Waals surface area contributed by atoms with Gasteiger partial charge < -0.3 is 9.88 Å². The number of hydrogen-bond donors (Lipinski definition) is 1. The number of nitrogens with zero attached hydrogens (tertiary/aromatic N) is 4. The highest BCUT2D eigenvalue weighted by molar-refractivity contribution is 5.00. The molecule has 0 aliphatic heterocycles. The summed E-state index contributed by atoms with van der Waals surface area (Å²) in [5, 5.41) is 7.78.